The molecule has 4 heteroatoms. The van der Waals surface area contributed by atoms with E-state index in [0.29, 0.717) is 19.6 Å². The van der Waals surface area contributed by atoms with Crippen LogP contribution in [0.15, 0.2) is 0 Å². The number of carbonyl (C=O) groups is 1. The van der Waals surface area contributed by atoms with Crippen LogP contribution in [0.5, 0.6) is 0 Å². The molecule has 0 aliphatic carbocycles. The standard InChI is InChI=1S/C16H33NO3.H2/c1-5-15(4)9-12-19-13-10-17-16(18)8-6-7-11-20-14(2)3;/h14-15H,5-13H2,1-4H3,(H,17,18);1H. The molecule has 20 heavy (non-hydrogen) atoms. The molecule has 0 saturated carbocycles. The van der Waals surface area contributed by atoms with Crippen molar-refractivity contribution in [3.63, 3.8) is 0 Å². The van der Waals surface area contributed by atoms with Gasteiger partial charge in [0.15, 0.2) is 0 Å². The third-order valence-corrected chi connectivity index (χ3v) is 3.27. The molecule has 0 aromatic carbocycles. The highest BCUT2D eigenvalue weighted by molar-refractivity contribution is 5.75. The van der Waals surface area contributed by atoms with Gasteiger partial charge in [0.25, 0.3) is 0 Å². The number of hydrogen-bond donors (Lipinski definition) is 1. The van der Waals surface area contributed by atoms with Gasteiger partial charge >= 0.3 is 0 Å². The first-order valence-electron chi connectivity index (χ1n) is 8.02. The fourth-order valence-electron chi connectivity index (χ4n) is 1.65. The van der Waals surface area contributed by atoms with Gasteiger partial charge in [-0.25, -0.2) is 0 Å². The summed E-state index contributed by atoms with van der Waals surface area (Å²) in [7, 11) is 0. The van der Waals surface area contributed by atoms with Gasteiger partial charge in [-0.2, -0.15) is 0 Å². The van der Waals surface area contributed by atoms with E-state index in [1.807, 2.05) is 13.8 Å². The van der Waals surface area contributed by atoms with Crippen LogP contribution >= 0.6 is 0 Å². The molecule has 1 N–H and O–H groups in total. The molecule has 0 aliphatic rings. The van der Waals surface area contributed by atoms with E-state index in [1.165, 1.54) is 6.42 Å². The third-order valence-electron chi connectivity index (χ3n) is 3.27. The summed E-state index contributed by atoms with van der Waals surface area (Å²) in [5.74, 6) is 0.831. The van der Waals surface area contributed by atoms with Crippen molar-refractivity contribution in [1.82, 2.24) is 5.32 Å². The first kappa shape index (κ1) is 19.4. The predicted molar refractivity (Wildman–Crippen MR) is 85.0 cm³/mol. The summed E-state index contributed by atoms with van der Waals surface area (Å²) < 4.78 is 10.9. The number of ether oxygens (including phenoxy) is 2. The van der Waals surface area contributed by atoms with Crippen LogP contribution in [0.1, 0.15) is 61.2 Å². The van der Waals surface area contributed by atoms with Crippen LogP contribution in [-0.4, -0.2) is 38.4 Å². The Bertz CT molecular complexity index is 238. The summed E-state index contributed by atoms with van der Waals surface area (Å²) in [4.78, 5) is 11.5. The quantitative estimate of drug-likeness (QED) is 0.529. The summed E-state index contributed by atoms with van der Waals surface area (Å²) in [6, 6.07) is 0. The number of unbranched alkanes of at least 4 members (excludes halogenated alkanes) is 1. The molecule has 122 valence electrons. The maximum Gasteiger partial charge on any atom is 0.220 e. The molecule has 0 rings (SSSR count). The second-order valence-electron chi connectivity index (χ2n) is 5.64. The highest BCUT2D eigenvalue weighted by Gasteiger charge is 2.02. The molecule has 0 heterocycles. The van der Waals surface area contributed by atoms with Crippen molar-refractivity contribution in [2.75, 3.05) is 26.4 Å². The average Bonchev–Trinajstić information content (AvgIpc) is 2.41. The second kappa shape index (κ2) is 13.4. The summed E-state index contributed by atoms with van der Waals surface area (Å²) in [6.07, 6.45) is 4.97. The van der Waals surface area contributed by atoms with Crippen LogP contribution < -0.4 is 5.32 Å². The van der Waals surface area contributed by atoms with E-state index >= 15 is 0 Å². The van der Waals surface area contributed by atoms with Crippen LogP contribution in [-0.2, 0) is 14.3 Å². The number of hydrogen-bond acceptors (Lipinski definition) is 3. The zero-order valence-electron chi connectivity index (χ0n) is 13.7. The Morgan fingerprint density at radius 2 is 1.90 bits per heavy atom. The third kappa shape index (κ3) is 13.8. The molecule has 0 aromatic rings. The molecular formula is C16H35NO3. The molecule has 0 bridgehead atoms. The minimum absolute atomic E-state index is 0. The van der Waals surface area contributed by atoms with E-state index in [0.717, 1.165) is 38.4 Å². The first-order valence-corrected chi connectivity index (χ1v) is 8.02. The molecule has 0 spiro atoms. The number of nitrogens with one attached hydrogen (secondary N) is 1. The Morgan fingerprint density at radius 3 is 2.55 bits per heavy atom. The molecule has 0 saturated heterocycles. The van der Waals surface area contributed by atoms with E-state index < -0.39 is 0 Å². The Morgan fingerprint density at radius 1 is 1.15 bits per heavy atom. The van der Waals surface area contributed by atoms with Crippen LogP contribution in [0, 0.1) is 5.92 Å². The molecule has 0 radical (unpaired) electrons. The van der Waals surface area contributed by atoms with Gasteiger partial charge in [0.05, 0.1) is 12.7 Å². The summed E-state index contributed by atoms with van der Waals surface area (Å²) in [6.45, 7) is 11.2. The van der Waals surface area contributed by atoms with Crippen LogP contribution in [0.3, 0.4) is 0 Å². The molecule has 4 nitrogen and oxygen atoms in total. The zero-order valence-corrected chi connectivity index (χ0v) is 13.7. The highest BCUT2D eigenvalue weighted by atomic mass is 16.5. The summed E-state index contributed by atoms with van der Waals surface area (Å²) in [5, 5.41) is 2.88. The average molecular weight is 289 g/mol. The van der Waals surface area contributed by atoms with Crippen molar-refractivity contribution in [3.05, 3.63) is 0 Å². The lowest BCUT2D eigenvalue weighted by atomic mass is 10.1. The summed E-state index contributed by atoms with van der Waals surface area (Å²) in [5.41, 5.74) is 0. The van der Waals surface area contributed by atoms with Gasteiger partial charge in [-0.05, 0) is 39.0 Å². The first-order chi connectivity index (χ1) is 9.56. The van der Waals surface area contributed by atoms with Crippen LogP contribution in [0.4, 0.5) is 0 Å². The Kier molecular flexibility index (Phi) is 13.0. The number of amides is 1. The van der Waals surface area contributed by atoms with E-state index in [9.17, 15) is 4.79 Å². The van der Waals surface area contributed by atoms with Crippen molar-refractivity contribution >= 4 is 5.91 Å². The van der Waals surface area contributed by atoms with Gasteiger partial charge in [0.2, 0.25) is 5.91 Å². The van der Waals surface area contributed by atoms with Crippen LogP contribution in [0.25, 0.3) is 0 Å². The summed E-state index contributed by atoms with van der Waals surface area (Å²) >= 11 is 0. The van der Waals surface area contributed by atoms with E-state index in [-0.39, 0.29) is 13.4 Å². The maximum atomic E-state index is 11.5. The second-order valence-corrected chi connectivity index (χ2v) is 5.64. The molecule has 0 aromatic heterocycles. The van der Waals surface area contributed by atoms with Crippen molar-refractivity contribution in [1.29, 1.82) is 0 Å². The monoisotopic (exact) mass is 289 g/mol. The largest absolute Gasteiger partial charge is 0.380 e. The van der Waals surface area contributed by atoms with Gasteiger partial charge in [-0.1, -0.05) is 20.3 Å². The molecule has 1 atom stereocenters. The SMILES string of the molecule is CCC(C)CCOCCNC(=O)CCCCOC(C)C.[HH]. The van der Waals surface area contributed by atoms with Gasteiger partial charge in [-0.3, -0.25) is 4.79 Å². The Balaban J connectivity index is 0. The normalized spacial score (nSPS) is 12.7. The molecule has 0 aliphatic heterocycles. The molecule has 0 fully saturated rings. The van der Waals surface area contributed by atoms with Crippen molar-refractivity contribution in [2.24, 2.45) is 5.92 Å². The molecular weight excluding hydrogens is 254 g/mol. The minimum Gasteiger partial charge on any atom is -0.380 e. The maximum absolute atomic E-state index is 11.5. The van der Waals surface area contributed by atoms with Crippen molar-refractivity contribution in [3.8, 4) is 0 Å². The Labute approximate surface area is 126 Å². The van der Waals surface area contributed by atoms with Gasteiger partial charge in [0.1, 0.15) is 0 Å². The van der Waals surface area contributed by atoms with E-state index in [4.69, 9.17) is 9.47 Å². The molecule has 1 unspecified atom stereocenters. The fourth-order valence-corrected chi connectivity index (χ4v) is 1.65. The Hall–Kier alpha value is -0.610. The number of rotatable bonds is 13. The topological polar surface area (TPSA) is 47.6 Å². The highest BCUT2D eigenvalue weighted by Crippen LogP contribution is 2.05. The minimum atomic E-state index is 0. The lowest BCUT2D eigenvalue weighted by Gasteiger charge is -2.10. The smallest absolute Gasteiger partial charge is 0.220 e. The van der Waals surface area contributed by atoms with Crippen molar-refractivity contribution in [2.45, 2.75) is 65.9 Å². The van der Waals surface area contributed by atoms with Gasteiger partial charge < -0.3 is 14.8 Å². The number of carbonyl (C=O) groups excluding carboxylic acids is 1. The van der Waals surface area contributed by atoms with E-state index in [1.54, 1.807) is 0 Å². The van der Waals surface area contributed by atoms with Gasteiger partial charge in [-0.15, -0.1) is 0 Å². The van der Waals surface area contributed by atoms with E-state index in [2.05, 4.69) is 19.2 Å². The molecule has 1 amide bonds. The fraction of sp³-hybridized carbons (Fsp3) is 0.938. The van der Waals surface area contributed by atoms with Gasteiger partial charge in [0, 0.05) is 27.6 Å². The predicted octanol–water partition coefficient (Wildman–Crippen LogP) is 3.40. The zero-order chi connectivity index (χ0) is 15.2. The van der Waals surface area contributed by atoms with Crippen molar-refractivity contribution < 1.29 is 15.7 Å². The lowest BCUT2D eigenvalue weighted by molar-refractivity contribution is -0.121. The lowest BCUT2D eigenvalue weighted by Crippen LogP contribution is -2.27. The van der Waals surface area contributed by atoms with Crippen LogP contribution in [0.2, 0.25) is 0 Å².